The Bertz CT molecular complexity index is 1350. The molecule has 0 spiro atoms. The van der Waals surface area contributed by atoms with Gasteiger partial charge in [-0.15, -0.1) is 0 Å². The molecule has 0 aliphatic carbocycles. The molecule has 1 aromatic heterocycles. The largest absolute Gasteiger partial charge is 0.481 e. The molecule has 2 N–H and O–H groups in total. The van der Waals surface area contributed by atoms with E-state index in [0.717, 1.165) is 27.7 Å². The van der Waals surface area contributed by atoms with Crippen molar-refractivity contribution in [2.75, 3.05) is 6.54 Å². The van der Waals surface area contributed by atoms with Crippen LogP contribution in [0, 0.1) is 5.82 Å². The Morgan fingerprint density at radius 1 is 0.972 bits per heavy atom. The van der Waals surface area contributed by atoms with E-state index in [1.165, 1.54) is 17.7 Å². The van der Waals surface area contributed by atoms with Crippen molar-refractivity contribution in [1.82, 2.24) is 10.3 Å². The summed E-state index contributed by atoms with van der Waals surface area (Å²) in [6, 6.07) is 23.7. The van der Waals surface area contributed by atoms with Gasteiger partial charge in [0.1, 0.15) is 5.82 Å². The highest BCUT2D eigenvalue weighted by molar-refractivity contribution is 5.98. The van der Waals surface area contributed by atoms with E-state index >= 15 is 0 Å². The van der Waals surface area contributed by atoms with Crippen LogP contribution in [-0.2, 0) is 11.2 Å². The van der Waals surface area contributed by atoms with E-state index in [0.29, 0.717) is 31.4 Å². The molecule has 4 aromatic rings. The number of rotatable bonds is 10. The van der Waals surface area contributed by atoms with Gasteiger partial charge in [0, 0.05) is 29.5 Å². The SMILES string of the molecule is C[C@@H](CNC(=O)c1ccc2nc(-c3ccc(F)cc3)c(CCCCC(=O)O)cc2c1)c1ccccc1. The highest BCUT2D eigenvalue weighted by Crippen LogP contribution is 2.28. The molecule has 184 valence electrons. The second-order valence-corrected chi connectivity index (χ2v) is 9.03. The summed E-state index contributed by atoms with van der Waals surface area (Å²) in [5, 5.41) is 12.8. The maximum Gasteiger partial charge on any atom is 0.303 e. The predicted octanol–water partition coefficient (Wildman–Crippen LogP) is 6.37. The van der Waals surface area contributed by atoms with Gasteiger partial charge in [-0.3, -0.25) is 9.59 Å². The van der Waals surface area contributed by atoms with Gasteiger partial charge in [0.25, 0.3) is 5.91 Å². The van der Waals surface area contributed by atoms with Gasteiger partial charge in [0.2, 0.25) is 0 Å². The molecule has 0 saturated carbocycles. The highest BCUT2D eigenvalue weighted by atomic mass is 19.1. The van der Waals surface area contributed by atoms with Crippen LogP contribution >= 0.6 is 0 Å². The number of carboxylic acids is 1. The van der Waals surface area contributed by atoms with Gasteiger partial charge in [-0.2, -0.15) is 0 Å². The first-order chi connectivity index (χ1) is 17.4. The van der Waals surface area contributed by atoms with Crippen molar-refractivity contribution in [2.24, 2.45) is 0 Å². The second-order valence-electron chi connectivity index (χ2n) is 9.03. The maximum absolute atomic E-state index is 13.5. The quantitative estimate of drug-likeness (QED) is 0.256. The van der Waals surface area contributed by atoms with Crippen molar-refractivity contribution in [3.05, 3.63) is 101 Å². The molecular weight excluding hydrogens is 455 g/mol. The van der Waals surface area contributed by atoms with E-state index in [1.807, 2.05) is 36.4 Å². The predicted molar refractivity (Wildman–Crippen MR) is 140 cm³/mol. The number of hydrogen-bond donors (Lipinski definition) is 2. The molecule has 1 amide bonds. The number of nitrogens with zero attached hydrogens (tertiary/aromatic N) is 1. The Balaban J connectivity index is 1.57. The van der Waals surface area contributed by atoms with Crippen LogP contribution < -0.4 is 5.32 Å². The summed E-state index contributed by atoms with van der Waals surface area (Å²) in [6.07, 6.45) is 1.98. The summed E-state index contributed by atoms with van der Waals surface area (Å²) < 4.78 is 13.5. The molecule has 0 fully saturated rings. The molecule has 6 heteroatoms. The minimum absolute atomic E-state index is 0.110. The lowest BCUT2D eigenvalue weighted by molar-refractivity contribution is -0.137. The number of pyridine rings is 1. The summed E-state index contributed by atoms with van der Waals surface area (Å²) in [6.45, 7) is 2.60. The molecule has 0 saturated heterocycles. The van der Waals surface area contributed by atoms with Crippen molar-refractivity contribution < 1.29 is 19.1 Å². The summed E-state index contributed by atoms with van der Waals surface area (Å²) >= 11 is 0. The minimum Gasteiger partial charge on any atom is -0.481 e. The number of hydrogen-bond acceptors (Lipinski definition) is 3. The van der Waals surface area contributed by atoms with Gasteiger partial charge >= 0.3 is 5.97 Å². The van der Waals surface area contributed by atoms with E-state index in [2.05, 4.69) is 24.4 Å². The van der Waals surface area contributed by atoms with E-state index in [9.17, 15) is 14.0 Å². The molecule has 0 unspecified atom stereocenters. The third-order valence-corrected chi connectivity index (χ3v) is 6.30. The average Bonchev–Trinajstić information content (AvgIpc) is 2.89. The van der Waals surface area contributed by atoms with Crippen LogP contribution in [-0.4, -0.2) is 28.5 Å². The normalized spacial score (nSPS) is 11.8. The first-order valence-corrected chi connectivity index (χ1v) is 12.2. The third kappa shape index (κ3) is 6.33. The molecule has 0 aliphatic rings. The van der Waals surface area contributed by atoms with Crippen LogP contribution in [0.15, 0.2) is 78.9 Å². The Kier molecular flexibility index (Phi) is 8.06. The smallest absolute Gasteiger partial charge is 0.303 e. The first kappa shape index (κ1) is 25.0. The van der Waals surface area contributed by atoms with Gasteiger partial charge in [0.15, 0.2) is 0 Å². The average molecular weight is 485 g/mol. The number of aromatic nitrogens is 1. The maximum atomic E-state index is 13.5. The molecule has 1 atom stereocenters. The molecule has 0 bridgehead atoms. The lowest BCUT2D eigenvalue weighted by Crippen LogP contribution is -2.27. The molecule has 36 heavy (non-hydrogen) atoms. The van der Waals surface area contributed by atoms with Crippen LogP contribution in [0.4, 0.5) is 4.39 Å². The van der Waals surface area contributed by atoms with E-state index in [-0.39, 0.29) is 24.1 Å². The number of fused-ring (bicyclic) bond motifs is 1. The number of carbonyl (C=O) groups is 2. The number of unbranched alkanes of at least 4 members (excludes halogenated alkanes) is 1. The Hall–Kier alpha value is -4.06. The number of carbonyl (C=O) groups excluding carboxylic acids is 1. The number of benzene rings is 3. The number of carboxylic acid groups (broad SMARTS) is 1. The van der Waals surface area contributed by atoms with E-state index in [4.69, 9.17) is 10.1 Å². The van der Waals surface area contributed by atoms with Crippen molar-refractivity contribution in [3.8, 4) is 11.3 Å². The van der Waals surface area contributed by atoms with E-state index in [1.54, 1.807) is 18.2 Å². The second kappa shape index (κ2) is 11.6. The van der Waals surface area contributed by atoms with Gasteiger partial charge in [-0.25, -0.2) is 9.37 Å². The molecule has 0 radical (unpaired) electrons. The van der Waals surface area contributed by atoms with Crippen LogP contribution in [0.3, 0.4) is 0 Å². The lowest BCUT2D eigenvalue weighted by atomic mass is 9.98. The monoisotopic (exact) mass is 484 g/mol. The number of aliphatic carboxylic acids is 1. The molecule has 3 aromatic carbocycles. The van der Waals surface area contributed by atoms with Crippen molar-refractivity contribution in [1.29, 1.82) is 0 Å². The fraction of sp³-hybridized carbons (Fsp3) is 0.233. The fourth-order valence-electron chi connectivity index (χ4n) is 4.25. The molecule has 4 rings (SSSR count). The third-order valence-electron chi connectivity index (χ3n) is 6.30. The van der Waals surface area contributed by atoms with Gasteiger partial charge in [0.05, 0.1) is 11.2 Å². The van der Waals surface area contributed by atoms with Crippen LogP contribution in [0.5, 0.6) is 0 Å². The van der Waals surface area contributed by atoms with Crippen molar-refractivity contribution in [3.63, 3.8) is 0 Å². The zero-order chi connectivity index (χ0) is 25.5. The van der Waals surface area contributed by atoms with Crippen LogP contribution in [0.25, 0.3) is 22.2 Å². The Morgan fingerprint density at radius 2 is 1.72 bits per heavy atom. The Labute approximate surface area is 210 Å². The first-order valence-electron chi connectivity index (χ1n) is 12.2. The zero-order valence-corrected chi connectivity index (χ0v) is 20.2. The van der Waals surface area contributed by atoms with Gasteiger partial charge in [-0.1, -0.05) is 37.3 Å². The topological polar surface area (TPSA) is 79.3 Å². The van der Waals surface area contributed by atoms with Crippen molar-refractivity contribution in [2.45, 2.75) is 38.5 Å². The number of halogens is 1. The van der Waals surface area contributed by atoms with Crippen LogP contribution in [0.1, 0.15) is 53.6 Å². The molecule has 0 aliphatic heterocycles. The fourth-order valence-corrected chi connectivity index (χ4v) is 4.25. The summed E-state index contributed by atoms with van der Waals surface area (Å²) in [4.78, 5) is 28.6. The van der Waals surface area contributed by atoms with E-state index < -0.39 is 5.97 Å². The Morgan fingerprint density at radius 3 is 2.44 bits per heavy atom. The summed E-state index contributed by atoms with van der Waals surface area (Å²) in [5.74, 6) is -1.10. The highest BCUT2D eigenvalue weighted by Gasteiger charge is 2.14. The number of amides is 1. The van der Waals surface area contributed by atoms with Crippen molar-refractivity contribution >= 4 is 22.8 Å². The molecular formula is C30H29FN2O3. The van der Waals surface area contributed by atoms with Crippen LogP contribution in [0.2, 0.25) is 0 Å². The number of nitrogens with one attached hydrogen (secondary N) is 1. The summed E-state index contributed by atoms with van der Waals surface area (Å²) in [7, 11) is 0. The van der Waals surface area contributed by atoms with Gasteiger partial charge in [-0.05, 0) is 84.8 Å². The molecule has 5 nitrogen and oxygen atoms in total. The van der Waals surface area contributed by atoms with Gasteiger partial charge < -0.3 is 10.4 Å². The standard InChI is InChI=1S/C30H29FN2O3/c1-20(21-7-3-2-4-8-21)19-32-30(36)24-13-16-27-25(18-24)17-23(9-5-6-10-28(34)35)29(33-27)22-11-14-26(31)15-12-22/h2-4,7-8,11-18,20H,5-6,9-10,19H2,1H3,(H,32,36)(H,34,35)/t20-/m0/s1. The molecule has 1 heterocycles. The zero-order valence-electron chi connectivity index (χ0n) is 20.2. The number of aryl methyl sites for hydroxylation is 1. The summed E-state index contributed by atoms with van der Waals surface area (Å²) in [5.41, 5.74) is 4.93. The lowest BCUT2D eigenvalue weighted by Gasteiger charge is -2.14. The minimum atomic E-state index is -0.817.